The second-order valence-electron chi connectivity index (χ2n) is 7.72. The lowest BCUT2D eigenvalue weighted by atomic mass is 10.1. The molecular weight excluding hydrogens is 451 g/mol. The van der Waals surface area contributed by atoms with Crippen LogP contribution >= 0.6 is 23.2 Å². The van der Waals surface area contributed by atoms with E-state index in [-0.39, 0.29) is 30.9 Å². The van der Waals surface area contributed by atoms with Crippen LogP contribution in [0.4, 0.5) is 0 Å². The summed E-state index contributed by atoms with van der Waals surface area (Å²) in [7, 11) is 1.53. The molecule has 1 unspecified atom stereocenters. The van der Waals surface area contributed by atoms with Crippen molar-refractivity contribution in [1.29, 1.82) is 0 Å². The lowest BCUT2D eigenvalue weighted by molar-refractivity contribution is -0.143. The van der Waals surface area contributed by atoms with E-state index in [0.29, 0.717) is 40.1 Å². The van der Waals surface area contributed by atoms with Gasteiger partial charge in [0, 0.05) is 28.7 Å². The zero-order valence-corrected chi connectivity index (χ0v) is 20.4. The van der Waals surface area contributed by atoms with Crippen molar-refractivity contribution in [2.24, 2.45) is 5.92 Å². The molecule has 0 aliphatic carbocycles. The van der Waals surface area contributed by atoms with Gasteiger partial charge in [-0.05, 0) is 36.6 Å². The van der Waals surface area contributed by atoms with Crippen LogP contribution in [0.2, 0.25) is 10.0 Å². The Labute approximate surface area is 199 Å². The second kappa shape index (κ2) is 12.6. The number of para-hydroxylation sites is 2. The first-order valence-corrected chi connectivity index (χ1v) is 11.3. The molecule has 2 rings (SSSR count). The van der Waals surface area contributed by atoms with E-state index in [9.17, 15) is 9.59 Å². The third-order valence-electron chi connectivity index (χ3n) is 4.88. The molecular formula is C24H30Cl2N2O4. The number of amides is 2. The maximum atomic E-state index is 13.3. The molecule has 0 radical (unpaired) electrons. The van der Waals surface area contributed by atoms with Crippen LogP contribution in [0.5, 0.6) is 11.5 Å². The normalized spacial score (nSPS) is 11.7. The van der Waals surface area contributed by atoms with E-state index in [1.807, 2.05) is 26.8 Å². The van der Waals surface area contributed by atoms with Crippen molar-refractivity contribution in [2.75, 3.05) is 20.3 Å². The average molecular weight is 481 g/mol. The second-order valence-corrected chi connectivity index (χ2v) is 8.54. The molecule has 174 valence electrons. The maximum Gasteiger partial charge on any atom is 0.261 e. The number of nitrogens with one attached hydrogen (secondary N) is 1. The van der Waals surface area contributed by atoms with Crippen LogP contribution in [-0.2, 0) is 16.1 Å². The molecule has 0 aliphatic heterocycles. The van der Waals surface area contributed by atoms with Gasteiger partial charge in [0.2, 0.25) is 5.91 Å². The Bertz CT molecular complexity index is 900. The van der Waals surface area contributed by atoms with E-state index in [4.69, 9.17) is 32.7 Å². The Balaban J connectivity index is 2.29. The van der Waals surface area contributed by atoms with Crippen LogP contribution in [-0.4, -0.2) is 43.0 Å². The van der Waals surface area contributed by atoms with Crippen molar-refractivity contribution >= 4 is 35.0 Å². The fourth-order valence-electron chi connectivity index (χ4n) is 3.16. The van der Waals surface area contributed by atoms with Crippen molar-refractivity contribution in [3.05, 3.63) is 58.1 Å². The summed E-state index contributed by atoms with van der Waals surface area (Å²) in [5.41, 5.74) is 0.580. The first-order chi connectivity index (χ1) is 15.3. The van der Waals surface area contributed by atoms with Crippen LogP contribution in [0, 0.1) is 5.92 Å². The number of benzene rings is 2. The minimum Gasteiger partial charge on any atom is -0.493 e. The molecule has 0 spiro atoms. The molecule has 0 bridgehead atoms. The Morgan fingerprint density at radius 1 is 1.03 bits per heavy atom. The van der Waals surface area contributed by atoms with E-state index in [1.165, 1.54) is 12.0 Å². The summed E-state index contributed by atoms with van der Waals surface area (Å²) in [6.07, 6.45) is 0.423. The topological polar surface area (TPSA) is 67.9 Å². The van der Waals surface area contributed by atoms with Gasteiger partial charge < -0.3 is 19.7 Å². The standard InChI is InChI=1S/C24H30Cl2N2O4/c1-5-20(24(30)27-13-16(2)3)28(14-17-18(25)9-8-10-19(17)26)23(29)15-32-22-12-7-6-11-21(22)31-4/h6-12,16,20H,5,13-15H2,1-4H3,(H,27,30). The van der Waals surface area contributed by atoms with Crippen LogP contribution in [0.15, 0.2) is 42.5 Å². The quantitative estimate of drug-likeness (QED) is 0.493. The third kappa shape index (κ3) is 7.04. The molecule has 1 atom stereocenters. The number of methoxy groups -OCH3 is 1. The smallest absolute Gasteiger partial charge is 0.261 e. The molecule has 1 N–H and O–H groups in total. The number of hydrogen-bond acceptors (Lipinski definition) is 4. The van der Waals surface area contributed by atoms with Gasteiger partial charge in [-0.15, -0.1) is 0 Å². The highest BCUT2D eigenvalue weighted by atomic mass is 35.5. The summed E-state index contributed by atoms with van der Waals surface area (Å²) in [5, 5.41) is 3.77. The third-order valence-corrected chi connectivity index (χ3v) is 5.59. The number of rotatable bonds is 11. The zero-order chi connectivity index (χ0) is 23.7. The van der Waals surface area contributed by atoms with Crippen LogP contribution in [0.3, 0.4) is 0 Å². The summed E-state index contributed by atoms with van der Waals surface area (Å²) < 4.78 is 11.0. The van der Waals surface area contributed by atoms with E-state index in [1.54, 1.807) is 36.4 Å². The van der Waals surface area contributed by atoms with Gasteiger partial charge in [-0.3, -0.25) is 9.59 Å². The first kappa shape index (κ1) is 25.8. The molecule has 0 aromatic heterocycles. The Morgan fingerprint density at radius 3 is 2.22 bits per heavy atom. The molecule has 0 saturated heterocycles. The van der Waals surface area contributed by atoms with Gasteiger partial charge in [0.1, 0.15) is 6.04 Å². The largest absolute Gasteiger partial charge is 0.493 e. The predicted molar refractivity (Wildman–Crippen MR) is 127 cm³/mol. The van der Waals surface area contributed by atoms with Crippen molar-refractivity contribution in [3.8, 4) is 11.5 Å². The van der Waals surface area contributed by atoms with Crippen molar-refractivity contribution in [3.63, 3.8) is 0 Å². The molecule has 2 aromatic carbocycles. The summed E-state index contributed by atoms with van der Waals surface area (Å²) in [4.78, 5) is 27.7. The van der Waals surface area contributed by atoms with Gasteiger partial charge in [0.15, 0.2) is 18.1 Å². The molecule has 0 aliphatic rings. The van der Waals surface area contributed by atoms with Crippen LogP contribution < -0.4 is 14.8 Å². The fraction of sp³-hybridized carbons (Fsp3) is 0.417. The summed E-state index contributed by atoms with van der Waals surface area (Å²) in [5.74, 6) is 0.653. The van der Waals surface area contributed by atoms with Gasteiger partial charge in [0.25, 0.3) is 5.91 Å². The molecule has 0 saturated carbocycles. The SMILES string of the molecule is CCC(C(=O)NCC(C)C)N(Cc1c(Cl)cccc1Cl)C(=O)COc1ccccc1OC. The number of carbonyl (C=O) groups excluding carboxylic acids is 2. The highest BCUT2D eigenvalue weighted by Crippen LogP contribution is 2.28. The average Bonchev–Trinajstić information content (AvgIpc) is 2.77. The molecule has 2 amide bonds. The minimum absolute atomic E-state index is 0.0836. The Kier molecular flexibility index (Phi) is 10.1. The van der Waals surface area contributed by atoms with Gasteiger partial charge >= 0.3 is 0 Å². The summed E-state index contributed by atoms with van der Waals surface area (Å²) >= 11 is 12.7. The fourth-order valence-corrected chi connectivity index (χ4v) is 3.67. The number of halogens is 2. The van der Waals surface area contributed by atoms with E-state index >= 15 is 0 Å². The van der Waals surface area contributed by atoms with Crippen molar-refractivity contribution in [2.45, 2.75) is 39.8 Å². The first-order valence-electron chi connectivity index (χ1n) is 10.5. The minimum atomic E-state index is -0.699. The van der Waals surface area contributed by atoms with Gasteiger partial charge in [0.05, 0.1) is 7.11 Å². The number of ether oxygens (including phenoxy) is 2. The molecule has 0 heterocycles. The molecule has 32 heavy (non-hydrogen) atoms. The molecule has 8 heteroatoms. The lowest BCUT2D eigenvalue weighted by Gasteiger charge is -2.31. The molecule has 0 fully saturated rings. The van der Waals surface area contributed by atoms with E-state index in [2.05, 4.69) is 5.32 Å². The van der Waals surface area contributed by atoms with E-state index in [0.717, 1.165) is 0 Å². The number of carbonyl (C=O) groups is 2. The molecule has 6 nitrogen and oxygen atoms in total. The van der Waals surface area contributed by atoms with Crippen LogP contribution in [0.1, 0.15) is 32.8 Å². The van der Waals surface area contributed by atoms with Gasteiger partial charge in [-0.2, -0.15) is 0 Å². The van der Waals surface area contributed by atoms with E-state index < -0.39 is 6.04 Å². The molecule has 2 aromatic rings. The maximum absolute atomic E-state index is 13.3. The van der Waals surface area contributed by atoms with Gasteiger partial charge in [-0.1, -0.05) is 62.2 Å². The lowest BCUT2D eigenvalue weighted by Crippen LogP contribution is -2.50. The summed E-state index contributed by atoms with van der Waals surface area (Å²) in [6.45, 7) is 6.21. The van der Waals surface area contributed by atoms with Gasteiger partial charge in [-0.25, -0.2) is 0 Å². The Morgan fingerprint density at radius 2 is 1.66 bits per heavy atom. The highest BCUT2D eigenvalue weighted by Gasteiger charge is 2.30. The number of nitrogens with zero attached hydrogens (tertiary/aromatic N) is 1. The number of hydrogen-bond donors (Lipinski definition) is 1. The highest BCUT2D eigenvalue weighted by molar-refractivity contribution is 6.36. The van der Waals surface area contributed by atoms with Crippen molar-refractivity contribution in [1.82, 2.24) is 10.2 Å². The monoisotopic (exact) mass is 480 g/mol. The zero-order valence-electron chi connectivity index (χ0n) is 18.9. The predicted octanol–water partition coefficient (Wildman–Crippen LogP) is 4.96. The Hall–Kier alpha value is -2.44. The van der Waals surface area contributed by atoms with Crippen molar-refractivity contribution < 1.29 is 19.1 Å². The summed E-state index contributed by atoms with van der Waals surface area (Å²) in [6, 6.07) is 11.5. The van der Waals surface area contributed by atoms with Crippen LogP contribution in [0.25, 0.3) is 0 Å².